The highest BCUT2D eigenvalue weighted by Crippen LogP contribution is 2.10. The van der Waals surface area contributed by atoms with Gasteiger partial charge < -0.3 is 11.1 Å². The Morgan fingerprint density at radius 2 is 2.32 bits per heavy atom. The van der Waals surface area contributed by atoms with Crippen LogP contribution in [-0.4, -0.2) is 24.0 Å². The van der Waals surface area contributed by atoms with E-state index in [9.17, 15) is 4.79 Å². The predicted octanol–water partition coefficient (Wildman–Crippen LogP) is 0.664. The van der Waals surface area contributed by atoms with Crippen molar-refractivity contribution in [3.8, 4) is 6.07 Å². The first-order chi connectivity index (χ1) is 9.08. The highest BCUT2D eigenvalue weighted by Gasteiger charge is 2.05. The van der Waals surface area contributed by atoms with Gasteiger partial charge in [0, 0.05) is 12.1 Å². The average molecular weight is 258 g/mol. The van der Waals surface area contributed by atoms with Crippen LogP contribution in [0.15, 0.2) is 29.4 Å². The number of carbonyl (C=O) groups excluding carboxylic acids is 1. The Kier molecular flexibility index (Phi) is 5.04. The average Bonchev–Trinajstić information content (AvgIpc) is 2.39. The zero-order valence-electron chi connectivity index (χ0n) is 10.4. The van der Waals surface area contributed by atoms with Crippen LogP contribution in [0.1, 0.15) is 17.3 Å². The second-order valence-electron chi connectivity index (χ2n) is 3.54. The van der Waals surface area contributed by atoms with Crippen LogP contribution in [-0.2, 0) is 0 Å². The molecule has 5 N–H and O–H groups in total. The van der Waals surface area contributed by atoms with E-state index in [2.05, 4.69) is 15.8 Å². The molecule has 0 spiro atoms. The van der Waals surface area contributed by atoms with Crippen molar-refractivity contribution >= 4 is 23.1 Å². The second kappa shape index (κ2) is 6.76. The Balaban J connectivity index is 2.87. The van der Waals surface area contributed by atoms with Gasteiger partial charge >= 0.3 is 0 Å². The normalized spacial score (nSPS) is 10.4. The van der Waals surface area contributed by atoms with Gasteiger partial charge in [-0.1, -0.05) is 6.07 Å². The van der Waals surface area contributed by atoms with E-state index in [0.29, 0.717) is 17.8 Å². The molecule has 98 valence electrons. The summed E-state index contributed by atoms with van der Waals surface area (Å²) in [6, 6.07) is 8.30. The van der Waals surface area contributed by atoms with Crippen molar-refractivity contribution in [1.29, 1.82) is 10.7 Å². The maximum absolute atomic E-state index is 11.6. The number of hydrogen-bond acceptors (Lipinski definition) is 5. The molecule has 0 saturated heterocycles. The third kappa shape index (κ3) is 4.12. The maximum atomic E-state index is 11.6. The van der Waals surface area contributed by atoms with Crippen molar-refractivity contribution < 1.29 is 4.79 Å². The molecule has 0 aromatic heterocycles. The number of rotatable bonds is 5. The van der Waals surface area contributed by atoms with Gasteiger partial charge in [-0.2, -0.15) is 10.4 Å². The summed E-state index contributed by atoms with van der Waals surface area (Å²) >= 11 is 0. The molecule has 0 bridgehead atoms. The fourth-order valence-corrected chi connectivity index (χ4v) is 1.26. The van der Waals surface area contributed by atoms with Gasteiger partial charge in [-0.15, -0.1) is 0 Å². The highest BCUT2D eigenvalue weighted by molar-refractivity contribution is 6.45. The standard InChI is InChI=1S/C12H14N6O/c1-2-16-12(19)8-4-3-5-9(6-8)17-18-10(7-13)11(14)15/h3-6,17H,2H2,1H3,(H3,14,15)(H,16,19)/b18-10+. The van der Waals surface area contributed by atoms with Crippen molar-refractivity contribution in [3.63, 3.8) is 0 Å². The molecule has 0 saturated carbocycles. The van der Waals surface area contributed by atoms with Gasteiger partial charge in [0.15, 0.2) is 5.84 Å². The Morgan fingerprint density at radius 1 is 1.58 bits per heavy atom. The second-order valence-corrected chi connectivity index (χ2v) is 3.54. The highest BCUT2D eigenvalue weighted by atomic mass is 16.1. The van der Waals surface area contributed by atoms with Gasteiger partial charge in [-0.05, 0) is 25.1 Å². The van der Waals surface area contributed by atoms with Crippen LogP contribution in [0.2, 0.25) is 0 Å². The number of amides is 1. The molecule has 19 heavy (non-hydrogen) atoms. The summed E-state index contributed by atoms with van der Waals surface area (Å²) in [4.78, 5) is 11.6. The van der Waals surface area contributed by atoms with E-state index in [-0.39, 0.29) is 11.6 Å². The molecule has 0 radical (unpaired) electrons. The van der Waals surface area contributed by atoms with Crippen molar-refractivity contribution in [3.05, 3.63) is 29.8 Å². The van der Waals surface area contributed by atoms with Crippen molar-refractivity contribution in [2.75, 3.05) is 12.0 Å². The predicted molar refractivity (Wildman–Crippen MR) is 73.0 cm³/mol. The van der Waals surface area contributed by atoms with Gasteiger partial charge in [-0.3, -0.25) is 15.6 Å². The SMILES string of the molecule is CCNC(=O)c1cccc(N/N=C(\C#N)C(=N)N)c1. The minimum Gasteiger partial charge on any atom is -0.382 e. The summed E-state index contributed by atoms with van der Waals surface area (Å²) in [5.74, 6) is -0.614. The van der Waals surface area contributed by atoms with Crippen LogP contribution in [0.25, 0.3) is 0 Å². The number of nitriles is 1. The summed E-state index contributed by atoms with van der Waals surface area (Å²) in [7, 11) is 0. The zero-order valence-corrected chi connectivity index (χ0v) is 10.4. The lowest BCUT2D eigenvalue weighted by Crippen LogP contribution is -2.23. The molecule has 0 unspecified atom stereocenters. The van der Waals surface area contributed by atoms with Gasteiger partial charge in [0.05, 0.1) is 5.69 Å². The molecule has 0 aliphatic heterocycles. The lowest BCUT2D eigenvalue weighted by atomic mass is 10.2. The van der Waals surface area contributed by atoms with Gasteiger partial charge in [0.2, 0.25) is 5.71 Å². The summed E-state index contributed by atoms with van der Waals surface area (Å²) in [5, 5.41) is 22.1. The largest absolute Gasteiger partial charge is 0.382 e. The lowest BCUT2D eigenvalue weighted by Gasteiger charge is -2.05. The Bertz CT molecular complexity index is 558. The number of amidine groups is 1. The summed E-state index contributed by atoms with van der Waals surface area (Å²) < 4.78 is 0. The lowest BCUT2D eigenvalue weighted by molar-refractivity contribution is 0.0956. The first-order valence-electron chi connectivity index (χ1n) is 5.55. The Morgan fingerprint density at radius 3 is 2.89 bits per heavy atom. The van der Waals surface area contributed by atoms with Crippen molar-refractivity contribution in [2.45, 2.75) is 6.92 Å². The quantitative estimate of drug-likeness (QED) is 0.351. The third-order valence-corrected chi connectivity index (χ3v) is 2.12. The number of anilines is 1. The molecular formula is C12H14N6O. The van der Waals surface area contributed by atoms with Crippen LogP contribution in [0.3, 0.4) is 0 Å². The Labute approximate surface area is 110 Å². The van der Waals surface area contributed by atoms with Crippen LogP contribution in [0.5, 0.6) is 0 Å². The van der Waals surface area contributed by atoms with Gasteiger partial charge in [-0.25, -0.2) is 0 Å². The number of hydrazone groups is 1. The molecule has 7 heteroatoms. The molecule has 1 amide bonds. The molecule has 1 rings (SSSR count). The van der Waals surface area contributed by atoms with E-state index in [1.165, 1.54) is 0 Å². The number of nitrogens with two attached hydrogens (primary N) is 1. The van der Waals surface area contributed by atoms with E-state index >= 15 is 0 Å². The van der Waals surface area contributed by atoms with E-state index < -0.39 is 5.84 Å². The van der Waals surface area contributed by atoms with Gasteiger partial charge in [0.25, 0.3) is 5.91 Å². The molecule has 0 heterocycles. The minimum atomic E-state index is -0.421. The molecule has 0 aliphatic rings. The van der Waals surface area contributed by atoms with Crippen molar-refractivity contribution in [1.82, 2.24) is 5.32 Å². The molecule has 0 aliphatic carbocycles. The summed E-state index contributed by atoms with van der Waals surface area (Å²) in [6.07, 6.45) is 0. The van der Waals surface area contributed by atoms with E-state index in [0.717, 1.165) is 0 Å². The van der Waals surface area contributed by atoms with E-state index in [1.54, 1.807) is 30.3 Å². The van der Waals surface area contributed by atoms with Crippen molar-refractivity contribution in [2.24, 2.45) is 10.8 Å². The van der Waals surface area contributed by atoms with Crippen LogP contribution >= 0.6 is 0 Å². The summed E-state index contributed by atoms with van der Waals surface area (Å²) in [6.45, 7) is 2.37. The molecule has 0 atom stereocenters. The molecule has 1 aromatic rings. The maximum Gasteiger partial charge on any atom is 0.251 e. The Hall–Kier alpha value is -2.88. The zero-order chi connectivity index (χ0) is 14.3. The van der Waals surface area contributed by atoms with Gasteiger partial charge in [0.1, 0.15) is 6.07 Å². The number of nitrogens with one attached hydrogen (secondary N) is 3. The summed E-state index contributed by atoms with van der Waals surface area (Å²) in [5.41, 5.74) is 8.52. The molecule has 0 fully saturated rings. The smallest absolute Gasteiger partial charge is 0.251 e. The first-order valence-corrected chi connectivity index (χ1v) is 5.55. The third-order valence-electron chi connectivity index (χ3n) is 2.12. The molecular weight excluding hydrogens is 244 g/mol. The fraction of sp³-hybridized carbons (Fsp3) is 0.167. The number of carbonyl (C=O) groups is 1. The number of hydrogen-bond donors (Lipinski definition) is 4. The van der Waals surface area contributed by atoms with Crippen LogP contribution < -0.4 is 16.5 Å². The van der Waals surface area contributed by atoms with E-state index in [1.807, 2.05) is 6.92 Å². The van der Waals surface area contributed by atoms with Crippen LogP contribution in [0.4, 0.5) is 5.69 Å². The van der Waals surface area contributed by atoms with E-state index in [4.69, 9.17) is 16.4 Å². The fourth-order valence-electron chi connectivity index (χ4n) is 1.26. The number of benzene rings is 1. The molecule has 1 aromatic carbocycles. The first kappa shape index (κ1) is 14.2. The minimum absolute atomic E-state index is 0.192. The number of nitrogens with zero attached hydrogens (tertiary/aromatic N) is 2. The van der Waals surface area contributed by atoms with Crippen LogP contribution in [0, 0.1) is 16.7 Å². The monoisotopic (exact) mass is 258 g/mol. The topological polar surface area (TPSA) is 127 Å². The molecule has 7 nitrogen and oxygen atoms in total.